The number of benzene rings is 2. The topological polar surface area (TPSA) is 81.4 Å². The first-order valence-corrected chi connectivity index (χ1v) is 15.4. The number of carbonyl (C=O) groups is 2. The number of rotatable bonds is 12. The monoisotopic (exact) mass is 466 g/mol. The lowest BCUT2D eigenvalue weighted by Gasteiger charge is -2.15. The number of aryl methyl sites for hydroxylation is 1. The van der Waals surface area contributed by atoms with Crippen LogP contribution in [0, 0.1) is 0 Å². The van der Waals surface area contributed by atoms with Crippen LogP contribution in [0.2, 0.25) is 25.7 Å². The van der Waals surface area contributed by atoms with Crippen LogP contribution in [-0.4, -0.2) is 41.3 Å². The van der Waals surface area contributed by atoms with Gasteiger partial charge in [-0.15, -0.1) is 0 Å². The van der Waals surface area contributed by atoms with E-state index in [9.17, 15) is 14.7 Å². The Kier molecular flexibility index (Phi) is 8.21. The van der Waals surface area contributed by atoms with Crippen LogP contribution in [0.15, 0.2) is 42.5 Å². The van der Waals surface area contributed by atoms with Gasteiger partial charge in [0.25, 0.3) is 0 Å². The highest BCUT2D eigenvalue weighted by molar-refractivity contribution is 6.76. The molecule has 0 aliphatic rings. The number of unbranched alkanes of at least 4 members (excludes halogenated alkanes) is 2. The van der Waals surface area contributed by atoms with Crippen molar-refractivity contribution in [1.29, 1.82) is 0 Å². The zero-order valence-electron chi connectivity index (χ0n) is 20.1. The summed E-state index contributed by atoms with van der Waals surface area (Å²) in [4.78, 5) is 24.8. The van der Waals surface area contributed by atoms with Crippen LogP contribution in [0.25, 0.3) is 10.9 Å². The molecule has 0 aliphatic heterocycles. The zero-order valence-corrected chi connectivity index (χ0v) is 21.1. The minimum Gasteiger partial charge on any atom is -0.478 e. The van der Waals surface area contributed by atoms with Crippen molar-refractivity contribution < 1.29 is 19.4 Å². The maximum Gasteiger partial charge on any atom is 0.336 e. The van der Waals surface area contributed by atoms with Gasteiger partial charge in [-0.25, -0.2) is 9.48 Å². The molecule has 0 unspecified atom stereocenters. The standard InChI is InChI=1S/C26H34N2O4Si/c1-5-6-7-12-23-22-14-13-19(25(29)20-10-8-9-11-21(20)26(30)31)17-24(22)28(27-23)18-32-15-16-33(2,3)4/h8-11,13-14,17H,5-7,12,15-16,18H2,1-4H3,(H,30,31). The van der Waals surface area contributed by atoms with E-state index in [1.165, 1.54) is 6.07 Å². The van der Waals surface area contributed by atoms with E-state index < -0.39 is 14.0 Å². The molecule has 7 heteroatoms. The second kappa shape index (κ2) is 10.9. The summed E-state index contributed by atoms with van der Waals surface area (Å²) in [7, 11) is -1.19. The van der Waals surface area contributed by atoms with Crippen molar-refractivity contribution in [3.05, 3.63) is 64.8 Å². The van der Waals surface area contributed by atoms with E-state index in [1.54, 1.807) is 24.3 Å². The highest BCUT2D eigenvalue weighted by Crippen LogP contribution is 2.24. The molecule has 0 aliphatic carbocycles. The number of carboxylic acid groups (broad SMARTS) is 1. The maximum absolute atomic E-state index is 13.2. The van der Waals surface area contributed by atoms with Gasteiger partial charge in [0.05, 0.1) is 16.8 Å². The highest BCUT2D eigenvalue weighted by atomic mass is 28.3. The van der Waals surface area contributed by atoms with Gasteiger partial charge in [-0.3, -0.25) is 4.79 Å². The molecule has 0 spiro atoms. The molecule has 33 heavy (non-hydrogen) atoms. The lowest BCUT2D eigenvalue weighted by molar-refractivity contribution is 0.0692. The Hall–Kier alpha value is -2.77. The van der Waals surface area contributed by atoms with E-state index in [2.05, 4.69) is 26.6 Å². The van der Waals surface area contributed by atoms with Crippen LogP contribution in [-0.2, 0) is 17.9 Å². The third-order valence-corrected chi connectivity index (χ3v) is 7.42. The Morgan fingerprint density at radius 2 is 1.79 bits per heavy atom. The zero-order chi connectivity index (χ0) is 24.0. The average Bonchev–Trinajstić information content (AvgIpc) is 3.12. The van der Waals surface area contributed by atoms with Crippen LogP contribution in [0.1, 0.15) is 58.2 Å². The number of hydrogen-bond acceptors (Lipinski definition) is 4. The molecule has 3 aromatic rings. The van der Waals surface area contributed by atoms with Gasteiger partial charge in [0.1, 0.15) is 6.73 Å². The van der Waals surface area contributed by atoms with Gasteiger partial charge in [-0.1, -0.05) is 69.7 Å². The molecule has 6 nitrogen and oxygen atoms in total. The maximum atomic E-state index is 13.2. The largest absolute Gasteiger partial charge is 0.478 e. The second-order valence-electron chi connectivity index (χ2n) is 9.66. The van der Waals surface area contributed by atoms with E-state index >= 15 is 0 Å². The third kappa shape index (κ3) is 6.39. The SMILES string of the molecule is CCCCCc1nn(COCC[Si](C)(C)C)c2cc(C(=O)c3ccccc3C(=O)O)ccc12. The number of ether oxygens (including phenoxy) is 1. The first-order chi connectivity index (χ1) is 15.7. The molecular formula is C26H34N2O4Si. The quantitative estimate of drug-likeness (QED) is 0.201. The van der Waals surface area contributed by atoms with E-state index in [0.29, 0.717) is 18.9 Å². The molecule has 0 atom stereocenters. The fourth-order valence-electron chi connectivity index (χ4n) is 3.76. The molecule has 176 valence electrons. The van der Waals surface area contributed by atoms with Crippen LogP contribution < -0.4 is 0 Å². The Bertz CT molecular complexity index is 1130. The molecule has 3 rings (SSSR count). The van der Waals surface area contributed by atoms with Gasteiger partial charge in [0.2, 0.25) is 0 Å². The van der Waals surface area contributed by atoms with E-state index in [0.717, 1.165) is 48.3 Å². The normalized spacial score (nSPS) is 11.8. The molecule has 1 aromatic heterocycles. The minimum atomic E-state index is -1.19. The van der Waals surface area contributed by atoms with Crippen molar-refractivity contribution in [2.75, 3.05) is 6.61 Å². The van der Waals surface area contributed by atoms with Crippen molar-refractivity contribution in [3.63, 3.8) is 0 Å². The predicted octanol–water partition coefficient (Wildman–Crippen LogP) is 6.01. The van der Waals surface area contributed by atoms with Crippen LogP contribution in [0.4, 0.5) is 0 Å². The first-order valence-electron chi connectivity index (χ1n) is 11.7. The van der Waals surface area contributed by atoms with Gasteiger partial charge in [0.15, 0.2) is 5.78 Å². The van der Waals surface area contributed by atoms with Gasteiger partial charge in [-0.2, -0.15) is 5.10 Å². The molecule has 0 amide bonds. The number of carbonyl (C=O) groups excluding carboxylic acids is 1. The molecule has 0 fully saturated rings. The van der Waals surface area contributed by atoms with Crippen molar-refractivity contribution in [3.8, 4) is 0 Å². The predicted molar refractivity (Wildman–Crippen MR) is 134 cm³/mol. The summed E-state index contributed by atoms with van der Waals surface area (Å²) < 4.78 is 7.78. The Morgan fingerprint density at radius 3 is 2.45 bits per heavy atom. The van der Waals surface area contributed by atoms with E-state index in [-0.39, 0.29) is 16.9 Å². The third-order valence-electron chi connectivity index (χ3n) is 5.72. The summed E-state index contributed by atoms with van der Waals surface area (Å²) in [6.07, 6.45) is 4.22. The van der Waals surface area contributed by atoms with Gasteiger partial charge in [0, 0.05) is 31.2 Å². The summed E-state index contributed by atoms with van der Waals surface area (Å²) >= 11 is 0. The van der Waals surface area contributed by atoms with Crippen LogP contribution >= 0.6 is 0 Å². The smallest absolute Gasteiger partial charge is 0.336 e. The highest BCUT2D eigenvalue weighted by Gasteiger charge is 2.20. The molecule has 0 saturated carbocycles. The molecule has 1 N–H and O–H groups in total. The molecule has 1 heterocycles. The number of hydrogen-bond donors (Lipinski definition) is 1. The Morgan fingerprint density at radius 1 is 1.06 bits per heavy atom. The van der Waals surface area contributed by atoms with Crippen molar-refractivity contribution in [1.82, 2.24) is 9.78 Å². The van der Waals surface area contributed by atoms with Crippen molar-refractivity contribution >= 4 is 30.7 Å². The fraction of sp³-hybridized carbons (Fsp3) is 0.423. The summed E-state index contributed by atoms with van der Waals surface area (Å²) in [5, 5.41) is 15.3. The lowest BCUT2D eigenvalue weighted by Crippen LogP contribution is -2.22. The summed E-state index contributed by atoms with van der Waals surface area (Å²) in [5.41, 5.74) is 2.49. The first kappa shape index (κ1) is 24.9. The van der Waals surface area contributed by atoms with Gasteiger partial charge < -0.3 is 9.84 Å². The number of fused-ring (bicyclic) bond motifs is 1. The molecule has 0 bridgehead atoms. The Labute approximate surface area is 196 Å². The number of nitrogens with zero attached hydrogens (tertiary/aromatic N) is 2. The summed E-state index contributed by atoms with van der Waals surface area (Å²) in [5.74, 6) is -1.42. The average molecular weight is 467 g/mol. The number of aromatic nitrogens is 2. The molecule has 0 radical (unpaired) electrons. The second-order valence-corrected chi connectivity index (χ2v) is 15.3. The molecular weight excluding hydrogens is 432 g/mol. The number of ketones is 1. The number of carboxylic acids is 1. The Balaban J connectivity index is 1.93. The van der Waals surface area contributed by atoms with Crippen molar-refractivity contribution in [2.24, 2.45) is 0 Å². The van der Waals surface area contributed by atoms with E-state index in [4.69, 9.17) is 9.84 Å². The van der Waals surface area contributed by atoms with Crippen LogP contribution in [0.5, 0.6) is 0 Å². The summed E-state index contributed by atoms with van der Waals surface area (Å²) in [6, 6.07) is 12.9. The van der Waals surface area contributed by atoms with Gasteiger partial charge in [-0.05, 0) is 31.0 Å². The molecule has 0 saturated heterocycles. The van der Waals surface area contributed by atoms with E-state index in [1.807, 2.05) is 16.8 Å². The number of aromatic carboxylic acids is 1. The van der Waals surface area contributed by atoms with Crippen molar-refractivity contribution in [2.45, 2.75) is 65.0 Å². The van der Waals surface area contributed by atoms with Gasteiger partial charge >= 0.3 is 5.97 Å². The lowest BCUT2D eigenvalue weighted by atomic mass is 9.97. The fourth-order valence-corrected chi connectivity index (χ4v) is 4.52. The molecule has 2 aromatic carbocycles. The van der Waals surface area contributed by atoms with Crippen LogP contribution in [0.3, 0.4) is 0 Å². The summed E-state index contributed by atoms with van der Waals surface area (Å²) in [6.45, 7) is 10.1. The minimum absolute atomic E-state index is 0.00559.